The highest BCUT2D eigenvalue weighted by Crippen LogP contribution is 2.21. The van der Waals surface area contributed by atoms with Gasteiger partial charge in [-0.3, -0.25) is 25.4 Å². The third kappa shape index (κ3) is 4.79. The van der Waals surface area contributed by atoms with Crippen molar-refractivity contribution < 1.29 is 14.3 Å². The number of ether oxygens (including phenoxy) is 1. The first-order valence-electron chi connectivity index (χ1n) is 6.86. The summed E-state index contributed by atoms with van der Waals surface area (Å²) in [6.07, 6.45) is 2.97. The lowest BCUT2D eigenvalue weighted by Crippen LogP contribution is -2.43. The standard InChI is InChI=1S/C16H16BrN3O3/c1-10-4-3-5-11(2)15(10)23-9-14(21)19-20-16(22)12-6-13(17)8-18-7-12/h3-8H,9H2,1-2H3,(H,19,21)(H,20,22). The van der Waals surface area contributed by atoms with Crippen molar-refractivity contribution >= 4 is 27.7 Å². The summed E-state index contributed by atoms with van der Waals surface area (Å²) >= 11 is 3.22. The molecule has 23 heavy (non-hydrogen) atoms. The smallest absolute Gasteiger partial charge is 0.276 e. The minimum absolute atomic E-state index is 0.192. The molecule has 120 valence electrons. The number of hydrogen-bond donors (Lipinski definition) is 2. The van der Waals surface area contributed by atoms with E-state index in [9.17, 15) is 9.59 Å². The van der Waals surface area contributed by atoms with Gasteiger partial charge in [-0.25, -0.2) is 0 Å². The van der Waals surface area contributed by atoms with Crippen LogP contribution < -0.4 is 15.6 Å². The van der Waals surface area contributed by atoms with E-state index in [0.717, 1.165) is 11.1 Å². The molecular formula is C16H16BrN3O3. The second-order valence-corrected chi connectivity index (χ2v) is 5.82. The molecule has 0 aliphatic rings. The number of aromatic nitrogens is 1. The third-order valence-corrected chi connectivity index (χ3v) is 3.47. The molecule has 6 nitrogen and oxygen atoms in total. The lowest BCUT2D eigenvalue weighted by molar-refractivity contribution is -0.123. The van der Waals surface area contributed by atoms with Gasteiger partial charge >= 0.3 is 0 Å². The molecule has 1 heterocycles. The first kappa shape index (κ1) is 17.0. The van der Waals surface area contributed by atoms with Crippen LogP contribution in [0, 0.1) is 13.8 Å². The van der Waals surface area contributed by atoms with Crippen LogP contribution in [0.25, 0.3) is 0 Å². The van der Waals surface area contributed by atoms with E-state index in [4.69, 9.17) is 4.74 Å². The van der Waals surface area contributed by atoms with Crippen molar-refractivity contribution in [2.24, 2.45) is 0 Å². The van der Waals surface area contributed by atoms with E-state index in [2.05, 4.69) is 31.8 Å². The number of carbonyl (C=O) groups excluding carboxylic acids is 2. The van der Waals surface area contributed by atoms with Crippen molar-refractivity contribution in [1.29, 1.82) is 0 Å². The maximum absolute atomic E-state index is 11.9. The number of amides is 2. The fourth-order valence-corrected chi connectivity index (χ4v) is 2.30. The molecule has 2 amide bonds. The Balaban J connectivity index is 1.85. The van der Waals surface area contributed by atoms with Gasteiger partial charge in [-0.2, -0.15) is 0 Å². The fraction of sp³-hybridized carbons (Fsp3) is 0.188. The highest BCUT2D eigenvalue weighted by atomic mass is 79.9. The first-order chi connectivity index (χ1) is 11.0. The number of benzene rings is 1. The molecule has 2 aromatic rings. The number of nitrogens with one attached hydrogen (secondary N) is 2. The predicted octanol–water partition coefficient (Wildman–Crippen LogP) is 2.30. The second kappa shape index (κ2) is 7.73. The van der Waals surface area contributed by atoms with E-state index in [-0.39, 0.29) is 6.61 Å². The van der Waals surface area contributed by atoms with Gasteiger partial charge in [0.1, 0.15) is 5.75 Å². The van der Waals surface area contributed by atoms with Gasteiger partial charge < -0.3 is 4.74 Å². The Morgan fingerprint density at radius 2 is 1.87 bits per heavy atom. The first-order valence-corrected chi connectivity index (χ1v) is 7.65. The van der Waals surface area contributed by atoms with Crippen LogP contribution in [0.4, 0.5) is 0 Å². The van der Waals surface area contributed by atoms with E-state index >= 15 is 0 Å². The molecule has 0 aliphatic heterocycles. The van der Waals surface area contributed by atoms with Gasteiger partial charge in [0.2, 0.25) is 0 Å². The van der Waals surface area contributed by atoms with Crippen LogP contribution in [0.15, 0.2) is 41.1 Å². The summed E-state index contributed by atoms with van der Waals surface area (Å²) in [4.78, 5) is 27.5. The predicted molar refractivity (Wildman–Crippen MR) is 89.0 cm³/mol. The molecule has 2 rings (SSSR count). The number of halogens is 1. The van der Waals surface area contributed by atoms with E-state index < -0.39 is 11.8 Å². The van der Waals surface area contributed by atoms with Crippen LogP contribution in [0.2, 0.25) is 0 Å². The van der Waals surface area contributed by atoms with Crippen molar-refractivity contribution in [3.8, 4) is 5.75 Å². The maximum atomic E-state index is 11.9. The van der Waals surface area contributed by atoms with Gasteiger partial charge in [0, 0.05) is 16.9 Å². The summed E-state index contributed by atoms with van der Waals surface area (Å²) in [5, 5.41) is 0. The highest BCUT2D eigenvalue weighted by molar-refractivity contribution is 9.10. The lowest BCUT2D eigenvalue weighted by atomic mass is 10.1. The van der Waals surface area contributed by atoms with Crippen LogP contribution in [0.5, 0.6) is 5.75 Å². The number of hydrogen-bond acceptors (Lipinski definition) is 4. The summed E-state index contributed by atoms with van der Waals surface area (Å²) in [5.41, 5.74) is 6.84. The van der Waals surface area contributed by atoms with Gasteiger partial charge in [0.25, 0.3) is 11.8 Å². The molecule has 1 aromatic heterocycles. The molecular weight excluding hydrogens is 362 g/mol. The van der Waals surface area contributed by atoms with Gasteiger partial charge in [-0.05, 0) is 47.0 Å². The zero-order valence-electron chi connectivity index (χ0n) is 12.7. The van der Waals surface area contributed by atoms with Gasteiger partial charge in [-0.15, -0.1) is 0 Å². The number of hydrazine groups is 1. The average Bonchev–Trinajstić information content (AvgIpc) is 2.52. The topological polar surface area (TPSA) is 80.3 Å². The maximum Gasteiger partial charge on any atom is 0.276 e. The molecule has 0 unspecified atom stereocenters. The molecule has 0 radical (unpaired) electrons. The molecule has 0 spiro atoms. The zero-order chi connectivity index (χ0) is 16.8. The van der Waals surface area contributed by atoms with Crippen LogP contribution >= 0.6 is 15.9 Å². The number of para-hydroxylation sites is 1. The number of aryl methyl sites for hydroxylation is 2. The lowest BCUT2D eigenvalue weighted by Gasteiger charge is -2.12. The van der Waals surface area contributed by atoms with Crippen molar-refractivity contribution in [2.75, 3.05) is 6.61 Å². The molecule has 0 atom stereocenters. The summed E-state index contributed by atoms with van der Waals surface area (Å²) in [6, 6.07) is 7.33. The normalized spacial score (nSPS) is 10.0. The molecule has 0 fully saturated rings. The van der Waals surface area contributed by atoms with Gasteiger partial charge in [0.05, 0.1) is 5.56 Å². The van der Waals surface area contributed by atoms with E-state index in [1.807, 2.05) is 32.0 Å². The van der Waals surface area contributed by atoms with Crippen molar-refractivity contribution in [1.82, 2.24) is 15.8 Å². The molecule has 7 heteroatoms. The van der Waals surface area contributed by atoms with Crippen LogP contribution in [0.3, 0.4) is 0 Å². The Morgan fingerprint density at radius 3 is 2.52 bits per heavy atom. The van der Waals surface area contributed by atoms with Crippen molar-refractivity contribution in [3.05, 3.63) is 57.8 Å². The molecule has 0 saturated heterocycles. The van der Waals surface area contributed by atoms with Crippen LogP contribution in [-0.4, -0.2) is 23.4 Å². The van der Waals surface area contributed by atoms with E-state index in [1.54, 1.807) is 12.3 Å². The molecule has 0 bridgehead atoms. The highest BCUT2D eigenvalue weighted by Gasteiger charge is 2.10. The monoisotopic (exact) mass is 377 g/mol. The minimum Gasteiger partial charge on any atom is -0.483 e. The third-order valence-electron chi connectivity index (χ3n) is 3.04. The largest absolute Gasteiger partial charge is 0.483 e. The average molecular weight is 378 g/mol. The Bertz CT molecular complexity index is 714. The Morgan fingerprint density at radius 1 is 1.17 bits per heavy atom. The second-order valence-electron chi connectivity index (χ2n) is 4.90. The SMILES string of the molecule is Cc1cccc(C)c1OCC(=O)NNC(=O)c1cncc(Br)c1. The minimum atomic E-state index is -0.459. The number of pyridine rings is 1. The van der Waals surface area contributed by atoms with Crippen LogP contribution in [0.1, 0.15) is 21.5 Å². The number of nitrogens with zero attached hydrogens (tertiary/aromatic N) is 1. The van der Waals surface area contributed by atoms with Crippen molar-refractivity contribution in [2.45, 2.75) is 13.8 Å². The van der Waals surface area contributed by atoms with Gasteiger partial charge in [-0.1, -0.05) is 18.2 Å². The summed E-state index contributed by atoms with van der Waals surface area (Å²) in [5.74, 6) is -0.242. The summed E-state index contributed by atoms with van der Waals surface area (Å²) in [6.45, 7) is 3.62. The Labute approximate surface area is 142 Å². The van der Waals surface area contributed by atoms with E-state index in [0.29, 0.717) is 15.8 Å². The Hall–Kier alpha value is -2.41. The number of carbonyl (C=O) groups is 2. The van der Waals surface area contributed by atoms with Crippen molar-refractivity contribution in [3.63, 3.8) is 0 Å². The summed E-state index contributed by atoms with van der Waals surface area (Å²) < 4.78 is 6.18. The fourth-order valence-electron chi connectivity index (χ4n) is 1.94. The number of rotatable bonds is 4. The zero-order valence-corrected chi connectivity index (χ0v) is 14.3. The molecule has 2 N–H and O–H groups in total. The molecule has 0 aliphatic carbocycles. The molecule has 1 aromatic carbocycles. The summed E-state index contributed by atoms with van der Waals surface area (Å²) in [7, 11) is 0. The molecule has 0 saturated carbocycles. The van der Waals surface area contributed by atoms with E-state index in [1.165, 1.54) is 6.20 Å². The van der Waals surface area contributed by atoms with Crippen LogP contribution in [-0.2, 0) is 4.79 Å². The van der Waals surface area contributed by atoms with Gasteiger partial charge in [0.15, 0.2) is 6.61 Å². The Kier molecular flexibility index (Phi) is 5.70. The quantitative estimate of drug-likeness (QED) is 0.801.